The molecule has 1 N–H and O–H groups in total. The minimum atomic E-state index is -6.13. The van der Waals surface area contributed by atoms with E-state index in [-0.39, 0.29) is 10.5 Å². The fourth-order valence-electron chi connectivity index (χ4n) is 4.46. The minimum Gasteiger partial charge on any atom is -0.427 e. The molecule has 4 rings (SSSR count). The summed E-state index contributed by atoms with van der Waals surface area (Å²) in [6.45, 7) is 0. The molecule has 2 aliphatic rings. The van der Waals surface area contributed by atoms with E-state index < -0.39 is 75.1 Å². The van der Waals surface area contributed by atoms with Crippen LogP contribution >= 0.6 is 0 Å². The van der Waals surface area contributed by atoms with Crippen molar-refractivity contribution in [2.24, 2.45) is 0 Å². The molecular weight excluding hydrogens is 513 g/mol. The van der Waals surface area contributed by atoms with Crippen molar-refractivity contribution in [3.63, 3.8) is 0 Å². The van der Waals surface area contributed by atoms with Crippen LogP contribution in [0.3, 0.4) is 0 Å². The molecule has 0 aromatic heterocycles. The van der Waals surface area contributed by atoms with Crippen molar-refractivity contribution in [1.29, 1.82) is 0 Å². The Kier molecular flexibility index (Phi) is 5.63. The molecule has 35 heavy (non-hydrogen) atoms. The standard InChI is InChI=1S/C21H15F7O6S/c22-13-5-7-14(8-6-13)35(31,32)18(9-15-16(10-18)34-17(29)33-15)11-1-3-12(4-2-11)19(30,20(23,24)25)21(26,27)28/h1-8,15-16,30H,9-10H2/t15-,16+,18-. The second-order valence-electron chi connectivity index (χ2n) is 8.21. The molecule has 1 saturated carbocycles. The van der Waals surface area contributed by atoms with Gasteiger partial charge in [0.1, 0.15) is 22.8 Å². The Balaban J connectivity index is 1.84. The molecule has 190 valence electrons. The molecule has 3 atom stereocenters. The smallest absolute Gasteiger partial charge is 0.427 e. The highest BCUT2D eigenvalue weighted by Gasteiger charge is 2.71. The molecular formula is C21H15F7O6S. The lowest BCUT2D eigenvalue weighted by Gasteiger charge is -2.34. The van der Waals surface area contributed by atoms with Crippen LogP contribution < -0.4 is 0 Å². The van der Waals surface area contributed by atoms with E-state index in [1.54, 1.807) is 0 Å². The number of rotatable bonds is 4. The van der Waals surface area contributed by atoms with Crippen molar-refractivity contribution >= 4 is 16.0 Å². The molecule has 0 bridgehead atoms. The number of carbonyl (C=O) groups excluding carboxylic acids is 1. The Bertz CT molecular complexity index is 1210. The third-order valence-electron chi connectivity index (χ3n) is 6.26. The molecule has 1 heterocycles. The van der Waals surface area contributed by atoms with Gasteiger partial charge in [0.2, 0.25) is 0 Å². The highest BCUT2D eigenvalue weighted by Crippen LogP contribution is 2.53. The van der Waals surface area contributed by atoms with Gasteiger partial charge in [0, 0.05) is 18.4 Å². The molecule has 1 saturated heterocycles. The van der Waals surface area contributed by atoms with Crippen molar-refractivity contribution < 1.29 is 58.5 Å². The maximum absolute atomic E-state index is 13.7. The summed E-state index contributed by atoms with van der Waals surface area (Å²) in [5.41, 5.74) is -7.01. The first-order valence-electron chi connectivity index (χ1n) is 9.87. The summed E-state index contributed by atoms with van der Waals surface area (Å²) in [6, 6.07) is 5.75. The summed E-state index contributed by atoms with van der Waals surface area (Å²) < 4.78 is 128. The van der Waals surface area contributed by atoms with Gasteiger partial charge in [-0.3, -0.25) is 0 Å². The summed E-state index contributed by atoms with van der Waals surface area (Å²) in [6.07, 6.45) is -16.3. The monoisotopic (exact) mass is 528 g/mol. The van der Waals surface area contributed by atoms with Crippen molar-refractivity contribution in [3.8, 4) is 0 Å². The van der Waals surface area contributed by atoms with Crippen LogP contribution in [0.5, 0.6) is 0 Å². The predicted octanol–water partition coefficient (Wildman–Crippen LogP) is 4.50. The first kappa shape index (κ1) is 25.2. The molecule has 0 unspecified atom stereocenters. The van der Waals surface area contributed by atoms with Gasteiger partial charge in [0.25, 0.3) is 5.60 Å². The van der Waals surface area contributed by atoms with E-state index >= 15 is 0 Å². The van der Waals surface area contributed by atoms with Crippen LogP contribution in [0.1, 0.15) is 24.0 Å². The lowest BCUT2D eigenvalue weighted by molar-refractivity contribution is -0.376. The van der Waals surface area contributed by atoms with Crippen molar-refractivity contribution in [1.82, 2.24) is 0 Å². The zero-order valence-corrected chi connectivity index (χ0v) is 18.0. The molecule has 14 heteroatoms. The molecule has 2 aromatic rings. The highest BCUT2D eigenvalue weighted by atomic mass is 32.2. The number of sulfone groups is 1. The molecule has 0 spiro atoms. The summed E-state index contributed by atoms with van der Waals surface area (Å²) in [7, 11) is -4.48. The van der Waals surface area contributed by atoms with Gasteiger partial charge in [-0.05, 0) is 29.8 Å². The van der Waals surface area contributed by atoms with Crippen LogP contribution in [0.2, 0.25) is 0 Å². The second kappa shape index (κ2) is 7.82. The first-order chi connectivity index (χ1) is 16.0. The summed E-state index contributed by atoms with van der Waals surface area (Å²) in [5, 5.41) is 9.62. The maximum atomic E-state index is 13.7. The number of carbonyl (C=O) groups is 1. The van der Waals surface area contributed by atoms with Gasteiger partial charge in [0.05, 0.1) is 4.90 Å². The highest BCUT2D eigenvalue weighted by molar-refractivity contribution is 7.92. The number of hydrogen-bond donors (Lipinski definition) is 1. The number of halogens is 7. The van der Waals surface area contributed by atoms with Gasteiger partial charge >= 0.3 is 18.5 Å². The van der Waals surface area contributed by atoms with Gasteiger partial charge in [0.15, 0.2) is 9.84 Å². The lowest BCUT2D eigenvalue weighted by Crippen LogP contribution is -2.53. The maximum Gasteiger partial charge on any atom is 0.509 e. The van der Waals surface area contributed by atoms with E-state index in [0.717, 1.165) is 36.4 Å². The topological polar surface area (TPSA) is 89.9 Å². The third-order valence-corrected chi connectivity index (χ3v) is 8.75. The SMILES string of the molecule is O=C1O[C@H]2C[C@](c3ccc(C(O)(C(F)(F)F)C(F)(F)F)cc3)(S(=O)(=O)c3ccc(F)cc3)C[C@H]2O1. The van der Waals surface area contributed by atoms with Crippen LogP contribution in [0.4, 0.5) is 35.5 Å². The van der Waals surface area contributed by atoms with Crippen molar-refractivity contribution in [2.45, 2.75) is 52.6 Å². The van der Waals surface area contributed by atoms with E-state index in [9.17, 15) is 49.1 Å². The Hall–Kier alpha value is -2.87. The second-order valence-corrected chi connectivity index (χ2v) is 10.5. The van der Waals surface area contributed by atoms with Crippen LogP contribution in [0.15, 0.2) is 53.4 Å². The summed E-state index contributed by atoms with van der Waals surface area (Å²) in [5.74, 6) is -0.749. The molecule has 1 aliphatic heterocycles. The third kappa shape index (κ3) is 3.73. The van der Waals surface area contributed by atoms with E-state index in [2.05, 4.69) is 0 Å². The van der Waals surface area contributed by atoms with Gasteiger partial charge in [-0.2, -0.15) is 26.3 Å². The molecule has 6 nitrogen and oxygen atoms in total. The number of hydrogen-bond acceptors (Lipinski definition) is 6. The fourth-order valence-corrected chi connectivity index (χ4v) is 6.62. The predicted molar refractivity (Wildman–Crippen MR) is 102 cm³/mol. The average Bonchev–Trinajstić information content (AvgIpc) is 3.27. The number of ether oxygens (including phenoxy) is 2. The Labute approximate surface area is 193 Å². The zero-order chi connectivity index (χ0) is 26.0. The Morgan fingerprint density at radius 3 is 1.71 bits per heavy atom. The van der Waals surface area contributed by atoms with Crippen LogP contribution in [0.25, 0.3) is 0 Å². The molecule has 1 aliphatic carbocycles. The van der Waals surface area contributed by atoms with E-state index in [4.69, 9.17) is 9.47 Å². The van der Waals surface area contributed by atoms with E-state index in [1.807, 2.05) is 0 Å². The number of benzene rings is 2. The molecule has 0 amide bonds. The minimum absolute atomic E-state index is 0.230. The quantitative estimate of drug-likeness (QED) is 0.357. The molecule has 2 fully saturated rings. The summed E-state index contributed by atoms with van der Waals surface area (Å²) >= 11 is 0. The number of aliphatic hydroxyl groups is 1. The molecule has 0 radical (unpaired) electrons. The average molecular weight is 528 g/mol. The largest absolute Gasteiger partial charge is 0.509 e. The fraction of sp³-hybridized carbons (Fsp3) is 0.381. The van der Waals surface area contributed by atoms with Gasteiger partial charge < -0.3 is 14.6 Å². The van der Waals surface area contributed by atoms with E-state index in [0.29, 0.717) is 12.1 Å². The van der Waals surface area contributed by atoms with Crippen molar-refractivity contribution in [2.75, 3.05) is 0 Å². The van der Waals surface area contributed by atoms with Gasteiger partial charge in [-0.15, -0.1) is 0 Å². The molecule has 2 aromatic carbocycles. The van der Waals surface area contributed by atoms with Gasteiger partial charge in [-0.1, -0.05) is 24.3 Å². The Morgan fingerprint density at radius 1 is 0.829 bits per heavy atom. The number of fused-ring (bicyclic) bond motifs is 1. The van der Waals surface area contributed by atoms with Crippen molar-refractivity contribution in [3.05, 3.63) is 65.5 Å². The lowest BCUT2D eigenvalue weighted by atomic mass is 9.88. The van der Waals surface area contributed by atoms with E-state index in [1.165, 1.54) is 0 Å². The van der Waals surface area contributed by atoms with Crippen LogP contribution in [-0.4, -0.2) is 44.2 Å². The van der Waals surface area contributed by atoms with Crippen LogP contribution in [-0.2, 0) is 29.7 Å². The normalized spacial score (nSPS) is 25.2. The number of alkyl halides is 6. The Morgan fingerprint density at radius 2 is 1.29 bits per heavy atom. The van der Waals surface area contributed by atoms with Crippen LogP contribution in [0, 0.1) is 5.82 Å². The zero-order valence-electron chi connectivity index (χ0n) is 17.2. The summed E-state index contributed by atoms with van der Waals surface area (Å²) in [4.78, 5) is 11.0. The first-order valence-corrected chi connectivity index (χ1v) is 11.4. The van der Waals surface area contributed by atoms with Gasteiger partial charge in [-0.25, -0.2) is 17.6 Å².